The van der Waals surface area contributed by atoms with Gasteiger partial charge in [-0.1, -0.05) is 36.4 Å². The summed E-state index contributed by atoms with van der Waals surface area (Å²) in [5.74, 6) is 0.693. The Hall–Kier alpha value is -2.29. The van der Waals surface area contributed by atoms with Crippen molar-refractivity contribution >= 4 is 5.91 Å². The number of fused-ring (bicyclic) bond motifs is 3. The summed E-state index contributed by atoms with van der Waals surface area (Å²) in [5, 5.41) is 9.86. The Labute approximate surface area is 123 Å². The molecule has 1 saturated heterocycles. The molecule has 2 aromatic carbocycles. The van der Waals surface area contributed by atoms with E-state index < -0.39 is 0 Å². The molecule has 2 heterocycles. The number of aromatic hydroxyl groups is 1. The third-order valence-electron chi connectivity index (χ3n) is 4.71. The van der Waals surface area contributed by atoms with Crippen molar-refractivity contribution in [3.63, 3.8) is 0 Å². The van der Waals surface area contributed by atoms with Gasteiger partial charge in [-0.3, -0.25) is 4.79 Å². The fourth-order valence-corrected chi connectivity index (χ4v) is 3.72. The van der Waals surface area contributed by atoms with Gasteiger partial charge in [-0.2, -0.15) is 0 Å². The summed E-state index contributed by atoms with van der Waals surface area (Å²) < 4.78 is 0. The number of amides is 1. The lowest BCUT2D eigenvalue weighted by atomic mass is 9.81. The van der Waals surface area contributed by atoms with Crippen molar-refractivity contribution in [2.24, 2.45) is 0 Å². The van der Waals surface area contributed by atoms with E-state index in [-0.39, 0.29) is 17.9 Å². The molecule has 2 aromatic rings. The zero-order valence-corrected chi connectivity index (χ0v) is 11.7. The lowest BCUT2D eigenvalue weighted by Crippen LogP contribution is -2.37. The highest BCUT2D eigenvalue weighted by Crippen LogP contribution is 2.45. The predicted octanol–water partition coefficient (Wildman–Crippen LogP) is 3.20. The fourth-order valence-electron chi connectivity index (χ4n) is 3.72. The zero-order chi connectivity index (χ0) is 14.4. The maximum absolute atomic E-state index is 12.1. The first-order chi connectivity index (χ1) is 10.2. The van der Waals surface area contributed by atoms with Gasteiger partial charge in [0.2, 0.25) is 5.91 Å². The van der Waals surface area contributed by atoms with Gasteiger partial charge in [0.15, 0.2) is 0 Å². The molecule has 2 atom stereocenters. The van der Waals surface area contributed by atoms with Gasteiger partial charge >= 0.3 is 0 Å². The van der Waals surface area contributed by atoms with Crippen molar-refractivity contribution in [2.75, 3.05) is 6.54 Å². The summed E-state index contributed by atoms with van der Waals surface area (Å²) in [6.45, 7) is 0.712. The minimum atomic E-state index is 0.145. The second-order valence-corrected chi connectivity index (χ2v) is 5.88. The summed E-state index contributed by atoms with van der Waals surface area (Å²) in [6, 6.07) is 16.0. The second-order valence-electron chi connectivity index (χ2n) is 5.88. The molecule has 4 rings (SSSR count). The number of hydrogen-bond donors (Lipinski definition) is 1. The van der Waals surface area contributed by atoms with Crippen molar-refractivity contribution < 1.29 is 9.90 Å². The molecule has 0 aliphatic carbocycles. The third-order valence-corrected chi connectivity index (χ3v) is 4.71. The molecule has 0 unspecified atom stereocenters. The number of nitrogens with zero attached hydrogens (tertiary/aromatic N) is 1. The monoisotopic (exact) mass is 279 g/mol. The van der Waals surface area contributed by atoms with E-state index in [0.29, 0.717) is 18.7 Å². The lowest BCUT2D eigenvalue weighted by Gasteiger charge is -2.37. The van der Waals surface area contributed by atoms with Crippen molar-refractivity contribution in [3.8, 4) is 5.75 Å². The van der Waals surface area contributed by atoms with Crippen LogP contribution in [0.5, 0.6) is 5.75 Å². The topological polar surface area (TPSA) is 40.5 Å². The average Bonchev–Trinajstić information content (AvgIpc) is 2.88. The van der Waals surface area contributed by atoms with Crippen LogP contribution in [0.1, 0.15) is 41.5 Å². The van der Waals surface area contributed by atoms with Crippen LogP contribution in [0.4, 0.5) is 0 Å². The molecule has 0 bridgehead atoms. The first-order valence-electron chi connectivity index (χ1n) is 7.41. The Kier molecular flexibility index (Phi) is 2.74. The summed E-state index contributed by atoms with van der Waals surface area (Å²) in [4.78, 5) is 14.1. The number of carbonyl (C=O) groups is 1. The zero-order valence-electron chi connectivity index (χ0n) is 11.7. The van der Waals surface area contributed by atoms with E-state index in [4.69, 9.17) is 0 Å². The maximum Gasteiger partial charge on any atom is 0.223 e. The molecular weight excluding hydrogens is 262 g/mol. The predicted molar refractivity (Wildman–Crippen MR) is 80.1 cm³/mol. The van der Waals surface area contributed by atoms with Gasteiger partial charge in [0.05, 0.1) is 6.04 Å². The standard InChI is InChI=1S/C18H17NO2/c20-13-6-7-14-15(10-13)16(12-4-2-1-3-5-12)11-19-17(14)8-9-18(19)21/h1-7,10,16-17,20H,8-9,11H2/t16-,17-/m0/s1. The highest BCUT2D eigenvalue weighted by atomic mass is 16.3. The largest absolute Gasteiger partial charge is 0.508 e. The SMILES string of the molecule is O=C1CC[C@H]2c3ccc(O)cc3[C@H](c3ccccc3)CN12. The Bertz CT molecular complexity index is 696. The van der Waals surface area contributed by atoms with Crippen molar-refractivity contribution in [3.05, 3.63) is 65.2 Å². The number of hydrogen-bond acceptors (Lipinski definition) is 2. The number of benzene rings is 2. The van der Waals surface area contributed by atoms with E-state index in [1.54, 1.807) is 6.07 Å². The minimum Gasteiger partial charge on any atom is -0.508 e. The van der Waals surface area contributed by atoms with E-state index >= 15 is 0 Å². The second kappa shape index (κ2) is 4.62. The summed E-state index contributed by atoms with van der Waals surface area (Å²) in [7, 11) is 0. The van der Waals surface area contributed by atoms with Crippen molar-refractivity contribution in [1.29, 1.82) is 0 Å². The van der Waals surface area contributed by atoms with Crippen LogP contribution in [0.15, 0.2) is 48.5 Å². The van der Waals surface area contributed by atoms with Gasteiger partial charge in [-0.15, -0.1) is 0 Å². The molecule has 0 aromatic heterocycles. The molecule has 2 aliphatic rings. The molecule has 0 spiro atoms. The smallest absolute Gasteiger partial charge is 0.223 e. The molecule has 3 heteroatoms. The number of rotatable bonds is 1. The maximum atomic E-state index is 12.1. The molecule has 1 N–H and O–H groups in total. The van der Waals surface area contributed by atoms with E-state index in [1.807, 2.05) is 35.2 Å². The third kappa shape index (κ3) is 1.92. The molecule has 1 fully saturated rings. The quantitative estimate of drug-likeness (QED) is 0.871. The molecule has 0 radical (unpaired) electrons. The van der Waals surface area contributed by atoms with Crippen LogP contribution in [-0.4, -0.2) is 22.5 Å². The van der Waals surface area contributed by atoms with Gasteiger partial charge < -0.3 is 10.0 Å². The highest BCUT2D eigenvalue weighted by molar-refractivity contribution is 5.80. The normalized spacial score (nSPS) is 23.8. The Balaban J connectivity index is 1.87. The van der Waals surface area contributed by atoms with Gasteiger partial charge in [-0.05, 0) is 35.2 Å². The summed E-state index contributed by atoms with van der Waals surface area (Å²) in [6.07, 6.45) is 1.52. The van der Waals surface area contributed by atoms with Crippen molar-refractivity contribution in [2.45, 2.75) is 24.8 Å². The Morgan fingerprint density at radius 1 is 1.05 bits per heavy atom. The Morgan fingerprint density at radius 2 is 1.86 bits per heavy atom. The van der Waals surface area contributed by atoms with Crippen molar-refractivity contribution in [1.82, 2.24) is 4.90 Å². The molecule has 3 nitrogen and oxygen atoms in total. The number of carbonyl (C=O) groups excluding carboxylic acids is 1. The van der Waals surface area contributed by atoms with Crippen LogP contribution in [0, 0.1) is 0 Å². The van der Waals surface area contributed by atoms with E-state index in [0.717, 1.165) is 12.0 Å². The van der Waals surface area contributed by atoms with Crippen LogP contribution in [-0.2, 0) is 4.79 Å². The minimum absolute atomic E-state index is 0.145. The number of phenols is 1. The summed E-state index contributed by atoms with van der Waals surface area (Å²) in [5.41, 5.74) is 3.55. The van der Waals surface area contributed by atoms with Crippen LogP contribution in [0.2, 0.25) is 0 Å². The van der Waals surface area contributed by atoms with Gasteiger partial charge in [0.25, 0.3) is 0 Å². The molecular formula is C18H17NO2. The molecule has 1 amide bonds. The van der Waals surface area contributed by atoms with Crippen LogP contribution >= 0.6 is 0 Å². The molecule has 2 aliphatic heterocycles. The molecule has 106 valence electrons. The number of phenolic OH excluding ortho intramolecular Hbond substituents is 1. The highest BCUT2D eigenvalue weighted by Gasteiger charge is 2.40. The van der Waals surface area contributed by atoms with Gasteiger partial charge in [0, 0.05) is 18.9 Å². The van der Waals surface area contributed by atoms with E-state index in [1.165, 1.54) is 11.1 Å². The summed E-state index contributed by atoms with van der Waals surface area (Å²) >= 11 is 0. The first-order valence-corrected chi connectivity index (χ1v) is 7.41. The van der Waals surface area contributed by atoms with Crippen LogP contribution in [0.25, 0.3) is 0 Å². The lowest BCUT2D eigenvalue weighted by molar-refractivity contribution is -0.129. The molecule has 21 heavy (non-hydrogen) atoms. The van der Waals surface area contributed by atoms with Crippen LogP contribution in [0.3, 0.4) is 0 Å². The van der Waals surface area contributed by atoms with Gasteiger partial charge in [-0.25, -0.2) is 0 Å². The molecule has 0 saturated carbocycles. The fraction of sp³-hybridized carbons (Fsp3) is 0.278. The van der Waals surface area contributed by atoms with Crippen LogP contribution < -0.4 is 0 Å². The van der Waals surface area contributed by atoms with E-state index in [2.05, 4.69) is 12.1 Å². The van der Waals surface area contributed by atoms with E-state index in [9.17, 15) is 9.90 Å². The van der Waals surface area contributed by atoms with Gasteiger partial charge in [0.1, 0.15) is 5.75 Å². The Morgan fingerprint density at radius 3 is 2.67 bits per heavy atom. The average molecular weight is 279 g/mol. The first kappa shape index (κ1) is 12.5.